The van der Waals surface area contributed by atoms with Gasteiger partial charge in [0.2, 0.25) is 10.0 Å². The number of fused-ring (bicyclic) bond motifs is 1. The first-order chi connectivity index (χ1) is 12.8. The van der Waals surface area contributed by atoms with Crippen LogP contribution in [0.2, 0.25) is 0 Å². The fourth-order valence-corrected chi connectivity index (χ4v) is 5.65. The molecule has 0 radical (unpaired) electrons. The third kappa shape index (κ3) is 4.37. The summed E-state index contributed by atoms with van der Waals surface area (Å²) >= 11 is 1.78. The van der Waals surface area contributed by atoms with Crippen LogP contribution >= 0.6 is 11.3 Å². The van der Waals surface area contributed by atoms with E-state index in [2.05, 4.69) is 34.9 Å². The largest absolute Gasteiger partial charge is 0.293 e. The molecule has 1 aromatic carbocycles. The molecule has 2 unspecified atom stereocenters. The molecule has 146 valence electrons. The zero-order valence-electron chi connectivity index (χ0n) is 15.3. The highest BCUT2D eigenvalue weighted by Gasteiger charge is 2.29. The summed E-state index contributed by atoms with van der Waals surface area (Å²) in [6.07, 6.45) is 1.72. The summed E-state index contributed by atoms with van der Waals surface area (Å²) in [5.74, 6) is 0. The second-order valence-electron chi connectivity index (χ2n) is 6.78. The number of nitro benzene ring substituents is 1. The lowest BCUT2D eigenvalue weighted by atomic mass is 9.96. The monoisotopic (exact) mass is 409 g/mol. The first-order valence-corrected chi connectivity index (χ1v) is 11.2. The van der Waals surface area contributed by atoms with Gasteiger partial charge in [0.1, 0.15) is 0 Å². The number of sulfonamides is 1. The third-order valence-electron chi connectivity index (χ3n) is 4.98. The minimum atomic E-state index is -3.66. The molecule has 0 aliphatic carbocycles. The molecule has 1 aliphatic rings. The van der Waals surface area contributed by atoms with Crippen molar-refractivity contribution in [3.05, 3.63) is 56.3 Å². The maximum atomic E-state index is 12.3. The van der Waals surface area contributed by atoms with Gasteiger partial charge in [-0.25, -0.2) is 13.1 Å². The van der Waals surface area contributed by atoms with Crippen LogP contribution in [0.1, 0.15) is 36.8 Å². The summed E-state index contributed by atoms with van der Waals surface area (Å²) in [6, 6.07) is 7.88. The average molecular weight is 410 g/mol. The standard InChI is InChI=1S/C18H23N3O4S2/c1-13-12-15-8-11-26-18(15)14(2)20(13)10-3-9-19-27(24,25)17-6-4-16(5-7-17)21(22)23/h4-8,11,13-14,19H,3,9-10,12H2,1-2H3. The lowest BCUT2D eigenvalue weighted by Gasteiger charge is -2.38. The van der Waals surface area contributed by atoms with Gasteiger partial charge in [-0.05, 0) is 55.8 Å². The Bertz CT molecular complexity index is 909. The number of nitrogens with one attached hydrogen (secondary N) is 1. The third-order valence-corrected chi connectivity index (χ3v) is 7.59. The van der Waals surface area contributed by atoms with Gasteiger partial charge in [-0.1, -0.05) is 0 Å². The van der Waals surface area contributed by atoms with Crippen molar-refractivity contribution in [3.8, 4) is 0 Å². The second kappa shape index (κ2) is 8.05. The van der Waals surface area contributed by atoms with E-state index in [1.807, 2.05) is 0 Å². The summed E-state index contributed by atoms with van der Waals surface area (Å²) in [5.41, 5.74) is 1.30. The number of benzene rings is 1. The highest BCUT2D eigenvalue weighted by atomic mass is 32.2. The molecule has 7 nitrogen and oxygen atoms in total. The van der Waals surface area contributed by atoms with E-state index in [9.17, 15) is 18.5 Å². The smallest absolute Gasteiger partial charge is 0.269 e. The van der Waals surface area contributed by atoms with Crippen LogP contribution in [0.5, 0.6) is 0 Å². The normalized spacial score (nSPS) is 20.4. The van der Waals surface area contributed by atoms with E-state index >= 15 is 0 Å². The second-order valence-corrected chi connectivity index (χ2v) is 9.49. The number of thiophene rings is 1. The zero-order chi connectivity index (χ0) is 19.6. The van der Waals surface area contributed by atoms with Gasteiger partial charge in [-0.3, -0.25) is 15.0 Å². The van der Waals surface area contributed by atoms with Gasteiger partial charge in [-0.15, -0.1) is 11.3 Å². The molecule has 1 aliphatic heterocycles. The van der Waals surface area contributed by atoms with Crippen molar-refractivity contribution in [3.63, 3.8) is 0 Å². The molecular formula is C18H23N3O4S2. The Kier molecular flexibility index (Phi) is 5.95. The molecule has 0 bridgehead atoms. The lowest BCUT2D eigenvalue weighted by molar-refractivity contribution is -0.384. The van der Waals surface area contributed by atoms with Gasteiger partial charge in [0, 0.05) is 42.2 Å². The predicted molar refractivity (Wildman–Crippen MR) is 106 cm³/mol. The topological polar surface area (TPSA) is 92.6 Å². The van der Waals surface area contributed by atoms with Crippen LogP contribution in [0.25, 0.3) is 0 Å². The first kappa shape index (κ1) is 19.9. The van der Waals surface area contributed by atoms with Gasteiger partial charge >= 0.3 is 0 Å². The Morgan fingerprint density at radius 2 is 1.96 bits per heavy atom. The Hall–Kier alpha value is -1.81. The van der Waals surface area contributed by atoms with Crippen molar-refractivity contribution in [1.29, 1.82) is 0 Å². The Labute approximate surface area is 163 Å². The van der Waals surface area contributed by atoms with Gasteiger partial charge < -0.3 is 0 Å². The van der Waals surface area contributed by atoms with Crippen molar-refractivity contribution in [2.75, 3.05) is 13.1 Å². The maximum absolute atomic E-state index is 12.3. The molecule has 0 spiro atoms. The van der Waals surface area contributed by atoms with E-state index < -0.39 is 14.9 Å². The molecular weight excluding hydrogens is 386 g/mol. The molecule has 1 N–H and O–H groups in total. The van der Waals surface area contributed by atoms with E-state index in [1.54, 1.807) is 11.3 Å². The van der Waals surface area contributed by atoms with Crippen LogP contribution in [0, 0.1) is 10.1 Å². The number of hydrogen-bond donors (Lipinski definition) is 1. The predicted octanol–water partition coefficient (Wildman–Crippen LogP) is 3.33. The highest BCUT2D eigenvalue weighted by molar-refractivity contribution is 7.89. The van der Waals surface area contributed by atoms with E-state index in [4.69, 9.17) is 0 Å². The summed E-state index contributed by atoms with van der Waals surface area (Å²) in [6.45, 7) is 5.54. The molecule has 0 fully saturated rings. The fourth-order valence-electron chi connectivity index (χ4n) is 3.56. The first-order valence-electron chi connectivity index (χ1n) is 8.85. The maximum Gasteiger partial charge on any atom is 0.269 e. The molecule has 0 saturated carbocycles. The summed E-state index contributed by atoms with van der Waals surface area (Å²) in [4.78, 5) is 14.0. The number of non-ortho nitro benzene ring substituents is 1. The van der Waals surface area contributed by atoms with E-state index in [0.29, 0.717) is 25.0 Å². The molecule has 27 heavy (non-hydrogen) atoms. The van der Waals surface area contributed by atoms with Crippen molar-refractivity contribution < 1.29 is 13.3 Å². The van der Waals surface area contributed by atoms with Gasteiger partial charge in [0.15, 0.2) is 0 Å². The lowest BCUT2D eigenvalue weighted by Crippen LogP contribution is -2.41. The number of rotatable bonds is 7. The van der Waals surface area contributed by atoms with Crippen LogP contribution in [-0.4, -0.2) is 37.4 Å². The van der Waals surface area contributed by atoms with E-state index in [-0.39, 0.29) is 10.6 Å². The van der Waals surface area contributed by atoms with Gasteiger partial charge in [0.25, 0.3) is 5.69 Å². The van der Waals surface area contributed by atoms with Crippen LogP contribution < -0.4 is 4.72 Å². The molecule has 1 aromatic heterocycles. The number of nitro groups is 1. The average Bonchev–Trinajstić information content (AvgIpc) is 3.09. The van der Waals surface area contributed by atoms with Gasteiger partial charge in [-0.2, -0.15) is 0 Å². The molecule has 2 aromatic rings. The molecule has 2 atom stereocenters. The van der Waals surface area contributed by atoms with Crippen molar-refractivity contribution in [1.82, 2.24) is 9.62 Å². The van der Waals surface area contributed by atoms with Crippen LogP contribution in [-0.2, 0) is 16.4 Å². The van der Waals surface area contributed by atoms with Crippen LogP contribution in [0.3, 0.4) is 0 Å². The van der Waals surface area contributed by atoms with Gasteiger partial charge in [0.05, 0.1) is 9.82 Å². The number of nitrogens with zero attached hydrogens (tertiary/aromatic N) is 2. The Balaban J connectivity index is 1.54. The molecule has 0 saturated heterocycles. The van der Waals surface area contributed by atoms with Crippen molar-refractivity contribution in [2.45, 2.75) is 43.7 Å². The SMILES string of the molecule is CC1Cc2ccsc2C(C)N1CCCNS(=O)(=O)c1ccc([N+](=O)[O-])cc1. The van der Waals surface area contributed by atoms with Crippen molar-refractivity contribution in [2.24, 2.45) is 0 Å². The minimum absolute atomic E-state index is 0.0380. The molecule has 9 heteroatoms. The van der Waals surface area contributed by atoms with Crippen molar-refractivity contribution >= 4 is 27.0 Å². The Morgan fingerprint density at radius 1 is 1.26 bits per heavy atom. The van der Waals surface area contributed by atoms with Crippen LogP contribution in [0.15, 0.2) is 40.6 Å². The van der Waals surface area contributed by atoms with E-state index in [0.717, 1.165) is 13.0 Å². The van der Waals surface area contributed by atoms with E-state index in [1.165, 1.54) is 34.7 Å². The summed E-state index contributed by atoms with van der Waals surface area (Å²) in [7, 11) is -3.66. The quantitative estimate of drug-likeness (QED) is 0.430. The highest BCUT2D eigenvalue weighted by Crippen LogP contribution is 2.36. The van der Waals surface area contributed by atoms with Crippen LogP contribution in [0.4, 0.5) is 5.69 Å². The molecule has 2 heterocycles. The zero-order valence-corrected chi connectivity index (χ0v) is 16.9. The number of hydrogen-bond acceptors (Lipinski definition) is 6. The Morgan fingerprint density at radius 3 is 2.63 bits per heavy atom. The fraction of sp³-hybridized carbons (Fsp3) is 0.444. The minimum Gasteiger partial charge on any atom is -0.293 e. The summed E-state index contributed by atoms with van der Waals surface area (Å²) in [5, 5.41) is 12.8. The summed E-state index contributed by atoms with van der Waals surface area (Å²) < 4.78 is 27.2. The molecule has 3 rings (SSSR count). The molecule has 0 amide bonds.